The molecule has 0 spiro atoms. The van der Waals surface area contributed by atoms with E-state index in [1.54, 1.807) is 30.3 Å². The molecule has 0 bridgehead atoms. The van der Waals surface area contributed by atoms with Crippen molar-refractivity contribution in [2.75, 3.05) is 25.5 Å². The van der Waals surface area contributed by atoms with Gasteiger partial charge < -0.3 is 15.0 Å². The fraction of sp³-hybridized carbons (Fsp3) is 0.400. The molecule has 1 aromatic carbocycles. The van der Waals surface area contributed by atoms with Gasteiger partial charge in [-0.2, -0.15) is 0 Å². The number of methoxy groups -OCH3 is 1. The normalized spacial score (nSPS) is 14.4. The second-order valence-electron chi connectivity index (χ2n) is 6.59. The second-order valence-corrected chi connectivity index (χ2v) is 6.59. The Labute approximate surface area is 158 Å². The molecule has 1 amide bonds. The third kappa shape index (κ3) is 4.61. The predicted octanol–water partition coefficient (Wildman–Crippen LogP) is 3.33. The Hall–Kier alpha value is -2.96. The number of ether oxygens (including phenoxy) is 1. The molecule has 1 N–H and O–H groups in total. The third-order valence-corrected chi connectivity index (χ3v) is 4.55. The molecule has 0 unspecified atom stereocenters. The largest absolute Gasteiger partial charge is 0.465 e. The molecule has 1 fully saturated rings. The summed E-state index contributed by atoms with van der Waals surface area (Å²) in [6, 6.07) is 8.66. The van der Waals surface area contributed by atoms with E-state index in [-0.39, 0.29) is 11.9 Å². The number of aryl methyl sites for hydroxylation is 1. The number of carbonyl (C=O) groups excluding carboxylic acids is 2. The van der Waals surface area contributed by atoms with E-state index >= 15 is 0 Å². The summed E-state index contributed by atoms with van der Waals surface area (Å²) in [6.07, 6.45) is 4.36. The number of hydrogen-bond donors (Lipinski definition) is 1. The lowest BCUT2D eigenvalue weighted by Crippen LogP contribution is -2.32. The number of para-hydroxylation sites is 1. The monoisotopic (exact) mass is 368 g/mol. The third-order valence-electron chi connectivity index (χ3n) is 4.55. The minimum Gasteiger partial charge on any atom is -0.465 e. The van der Waals surface area contributed by atoms with E-state index in [1.165, 1.54) is 7.11 Å². The van der Waals surface area contributed by atoms with Crippen LogP contribution in [0.5, 0.6) is 0 Å². The highest BCUT2D eigenvalue weighted by Crippen LogP contribution is 2.21. The molecule has 0 radical (unpaired) electrons. The zero-order valence-electron chi connectivity index (χ0n) is 15.7. The quantitative estimate of drug-likeness (QED) is 0.834. The molecule has 1 aliphatic rings. The van der Waals surface area contributed by atoms with E-state index in [1.807, 2.05) is 11.8 Å². The molecule has 1 saturated heterocycles. The van der Waals surface area contributed by atoms with Crippen LogP contribution in [0.4, 0.5) is 11.6 Å². The van der Waals surface area contributed by atoms with E-state index in [2.05, 4.69) is 15.3 Å². The predicted molar refractivity (Wildman–Crippen MR) is 102 cm³/mol. The van der Waals surface area contributed by atoms with Crippen LogP contribution in [-0.4, -0.2) is 46.9 Å². The first kappa shape index (κ1) is 18.8. The van der Waals surface area contributed by atoms with Crippen LogP contribution < -0.4 is 5.32 Å². The van der Waals surface area contributed by atoms with E-state index in [4.69, 9.17) is 4.74 Å². The first-order valence-electron chi connectivity index (χ1n) is 9.18. The van der Waals surface area contributed by atoms with Gasteiger partial charge in [0.2, 0.25) is 5.95 Å². The lowest BCUT2D eigenvalue weighted by atomic mass is 10.2. The van der Waals surface area contributed by atoms with Gasteiger partial charge in [0.1, 0.15) is 5.69 Å². The topological polar surface area (TPSA) is 84.4 Å². The zero-order chi connectivity index (χ0) is 19.2. The van der Waals surface area contributed by atoms with Crippen LogP contribution >= 0.6 is 0 Å². The average molecular weight is 368 g/mol. The number of carbonyl (C=O) groups is 2. The highest BCUT2D eigenvalue weighted by molar-refractivity contribution is 5.96. The number of benzene rings is 1. The first-order valence-corrected chi connectivity index (χ1v) is 9.18. The maximum Gasteiger partial charge on any atom is 0.339 e. The lowest BCUT2D eigenvalue weighted by Gasteiger charge is -2.20. The summed E-state index contributed by atoms with van der Waals surface area (Å²) < 4.78 is 4.81. The van der Waals surface area contributed by atoms with Gasteiger partial charge in [-0.05, 0) is 38.0 Å². The highest BCUT2D eigenvalue weighted by Gasteiger charge is 2.20. The summed E-state index contributed by atoms with van der Waals surface area (Å²) in [4.78, 5) is 35.4. The minimum atomic E-state index is -0.452. The van der Waals surface area contributed by atoms with Crippen molar-refractivity contribution in [1.82, 2.24) is 14.9 Å². The fourth-order valence-corrected chi connectivity index (χ4v) is 3.17. The molecule has 0 saturated carbocycles. The molecule has 7 nitrogen and oxygen atoms in total. The smallest absolute Gasteiger partial charge is 0.339 e. The number of anilines is 2. The average Bonchev–Trinajstić information content (AvgIpc) is 2.96. The standard InChI is InChI=1S/C20H24N4O3/c1-14-13-17(18(25)24-11-7-3-4-8-12-24)23-20(21-14)22-16-10-6-5-9-15(16)19(26)27-2/h5-6,9-10,13H,3-4,7-8,11-12H2,1-2H3,(H,21,22,23). The molecule has 3 rings (SSSR count). The zero-order valence-corrected chi connectivity index (χ0v) is 15.7. The molecule has 0 aliphatic carbocycles. The van der Waals surface area contributed by atoms with Crippen molar-refractivity contribution in [1.29, 1.82) is 0 Å². The second kappa shape index (κ2) is 8.62. The summed E-state index contributed by atoms with van der Waals surface area (Å²) in [6.45, 7) is 3.34. The number of aromatic nitrogens is 2. The summed E-state index contributed by atoms with van der Waals surface area (Å²) in [5.74, 6) is -0.247. The Morgan fingerprint density at radius 3 is 2.48 bits per heavy atom. The number of likely N-dealkylation sites (tertiary alicyclic amines) is 1. The molecule has 142 valence electrons. The van der Waals surface area contributed by atoms with Crippen molar-refractivity contribution in [3.05, 3.63) is 47.3 Å². The van der Waals surface area contributed by atoms with Crippen molar-refractivity contribution in [2.24, 2.45) is 0 Å². The molecule has 1 aliphatic heterocycles. The van der Waals surface area contributed by atoms with Gasteiger partial charge in [-0.25, -0.2) is 14.8 Å². The Kier molecular flexibility index (Phi) is 6.01. The number of rotatable bonds is 4. The van der Waals surface area contributed by atoms with Crippen LogP contribution in [0.1, 0.15) is 52.2 Å². The molecule has 0 atom stereocenters. The van der Waals surface area contributed by atoms with Crippen molar-refractivity contribution in [2.45, 2.75) is 32.6 Å². The van der Waals surface area contributed by atoms with Gasteiger partial charge >= 0.3 is 5.97 Å². The Morgan fingerprint density at radius 1 is 1.07 bits per heavy atom. The molecule has 2 aromatic rings. The highest BCUT2D eigenvalue weighted by atomic mass is 16.5. The Morgan fingerprint density at radius 2 is 1.78 bits per heavy atom. The van der Waals surface area contributed by atoms with Gasteiger partial charge in [0.05, 0.1) is 18.4 Å². The number of hydrogen-bond acceptors (Lipinski definition) is 6. The van der Waals surface area contributed by atoms with Crippen LogP contribution in [0.25, 0.3) is 0 Å². The van der Waals surface area contributed by atoms with Gasteiger partial charge in [0, 0.05) is 18.8 Å². The molecule has 2 heterocycles. The summed E-state index contributed by atoms with van der Waals surface area (Å²) in [5.41, 5.74) is 1.96. The van der Waals surface area contributed by atoms with Crippen molar-refractivity contribution in [3.63, 3.8) is 0 Å². The SMILES string of the molecule is COC(=O)c1ccccc1Nc1nc(C)cc(C(=O)N2CCCCCC2)n1. The maximum absolute atomic E-state index is 12.9. The molecule has 7 heteroatoms. The van der Waals surface area contributed by atoms with E-state index in [0.717, 1.165) is 38.8 Å². The van der Waals surface area contributed by atoms with Gasteiger partial charge in [-0.3, -0.25) is 4.79 Å². The van der Waals surface area contributed by atoms with Gasteiger partial charge in [-0.15, -0.1) is 0 Å². The molecular formula is C20H24N4O3. The summed E-state index contributed by atoms with van der Waals surface area (Å²) >= 11 is 0. The Balaban J connectivity index is 1.86. The van der Waals surface area contributed by atoms with Gasteiger partial charge in [0.25, 0.3) is 5.91 Å². The van der Waals surface area contributed by atoms with E-state index in [9.17, 15) is 9.59 Å². The maximum atomic E-state index is 12.9. The van der Waals surface area contributed by atoms with Gasteiger partial charge in [-0.1, -0.05) is 25.0 Å². The molecule has 27 heavy (non-hydrogen) atoms. The van der Waals surface area contributed by atoms with Crippen LogP contribution in [0.2, 0.25) is 0 Å². The summed E-state index contributed by atoms with van der Waals surface area (Å²) in [5, 5.41) is 3.05. The van der Waals surface area contributed by atoms with E-state index in [0.29, 0.717) is 22.6 Å². The lowest BCUT2D eigenvalue weighted by molar-refractivity contribution is 0.0601. The number of nitrogens with one attached hydrogen (secondary N) is 1. The first-order chi connectivity index (χ1) is 13.1. The van der Waals surface area contributed by atoms with Crippen LogP contribution in [-0.2, 0) is 4.74 Å². The Bertz CT molecular complexity index is 830. The number of esters is 1. The minimum absolute atomic E-state index is 0.0771. The fourth-order valence-electron chi connectivity index (χ4n) is 3.17. The van der Waals surface area contributed by atoms with E-state index < -0.39 is 5.97 Å². The van der Waals surface area contributed by atoms with Crippen LogP contribution in [0.15, 0.2) is 30.3 Å². The molecular weight excluding hydrogens is 344 g/mol. The van der Waals surface area contributed by atoms with Crippen LogP contribution in [0.3, 0.4) is 0 Å². The number of nitrogens with zero attached hydrogens (tertiary/aromatic N) is 3. The van der Waals surface area contributed by atoms with Crippen molar-refractivity contribution in [3.8, 4) is 0 Å². The summed E-state index contributed by atoms with van der Waals surface area (Å²) in [7, 11) is 1.33. The molecule has 1 aromatic heterocycles. The van der Waals surface area contributed by atoms with Crippen molar-refractivity contribution >= 4 is 23.5 Å². The van der Waals surface area contributed by atoms with Crippen molar-refractivity contribution < 1.29 is 14.3 Å². The van der Waals surface area contributed by atoms with Crippen LogP contribution in [0, 0.1) is 6.92 Å². The van der Waals surface area contributed by atoms with Gasteiger partial charge in [0.15, 0.2) is 0 Å². The number of amides is 1.